The SMILES string of the molecule is CC(=O)Oc1ccc(N2C(=O)CC(N(C(C)c3ccccc3)S(=O)(=O)c3ccccc3)C2=O)cc1. The Labute approximate surface area is 203 Å². The first kappa shape index (κ1) is 24.3. The van der Waals surface area contributed by atoms with Crippen LogP contribution in [0.3, 0.4) is 0 Å². The molecule has 0 aliphatic carbocycles. The number of ether oxygens (including phenoxy) is 1. The fourth-order valence-electron chi connectivity index (χ4n) is 4.15. The van der Waals surface area contributed by atoms with Crippen molar-refractivity contribution in [1.29, 1.82) is 0 Å². The van der Waals surface area contributed by atoms with Crippen LogP contribution in [0, 0.1) is 0 Å². The number of carbonyl (C=O) groups excluding carboxylic acids is 3. The summed E-state index contributed by atoms with van der Waals surface area (Å²) in [6.07, 6.45) is -0.298. The zero-order valence-electron chi connectivity index (χ0n) is 19.2. The van der Waals surface area contributed by atoms with Gasteiger partial charge in [-0.15, -0.1) is 0 Å². The van der Waals surface area contributed by atoms with Crippen LogP contribution in [-0.2, 0) is 24.4 Å². The lowest BCUT2D eigenvalue weighted by Gasteiger charge is -2.32. The first-order valence-corrected chi connectivity index (χ1v) is 12.4. The number of rotatable bonds is 7. The van der Waals surface area contributed by atoms with E-state index in [0.29, 0.717) is 5.56 Å². The third-order valence-corrected chi connectivity index (χ3v) is 7.76. The first-order valence-electron chi connectivity index (χ1n) is 11.0. The number of esters is 1. The maximum Gasteiger partial charge on any atom is 0.308 e. The molecule has 0 saturated carbocycles. The fourth-order valence-corrected chi connectivity index (χ4v) is 5.94. The molecule has 0 bridgehead atoms. The minimum Gasteiger partial charge on any atom is -0.427 e. The molecule has 3 aromatic carbocycles. The smallest absolute Gasteiger partial charge is 0.308 e. The molecule has 0 N–H and O–H groups in total. The van der Waals surface area contributed by atoms with Crippen LogP contribution in [0.2, 0.25) is 0 Å². The van der Waals surface area contributed by atoms with E-state index < -0.39 is 39.9 Å². The lowest BCUT2D eigenvalue weighted by atomic mass is 10.1. The summed E-state index contributed by atoms with van der Waals surface area (Å²) >= 11 is 0. The van der Waals surface area contributed by atoms with Crippen LogP contribution in [0.5, 0.6) is 5.75 Å². The monoisotopic (exact) mass is 492 g/mol. The van der Waals surface area contributed by atoms with Gasteiger partial charge in [-0.3, -0.25) is 14.4 Å². The molecule has 180 valence electrons. The van der Waals surface area contributed by atoms with E-state index >= 15 is 0 Å². The molecule has 0 aromatic heterocycles. The van der Waals surface area contributed by atoms with Crippen molar-refractivity contribution in [3.63, 3.8) is 0 Å². The molecule has 9 heteroatoms. The van der Waals surface area contributed by atoms with E-state index in [9.17, 15) is 22.8 Å². The van der Waals surface area contributed by atoms with E-state index in [-0.39, 0.29) is 22.8 Å². The summed E-state index contributed by atoms with van der Waals surface area (Å²) in [7, 11) is -4.14. The zero-order valence-corrected chi connectivity index (χ0v) is 20.0. The summed E-state index contributed by atoms with van der Waals surface area (Å²) in [4.78, 5) is 38.7. The van der Waals surface area contributed by atoms with Crippen molar-refractivity contribution in [3.8, 4) is 5.75 Å². The third kappa shape index (κ3) is 4.87. The van der Waals surface area contributed by atoms with Gasteiger partial charge in [-0.1, -0.05) is 48.5 Å². The van der Waals surface area contributed by atoms with Gasteiger partial charge in [0.05, 0.1) is 17.0 Å². The molecule has 3 aromatic rings. The molecule has 1 aliphatic heterocycles. The maximum absolute atomic E-state index is 13.8. The van der Waals surface area contributed by atoms with Gasteiger partial charge in [0.2, 0.25) is 15.9 Å². The van der Waals surface area contributed by atoms with E-state index in [4.69, 9.17) is 4.74 Å². The summed E-state index contributed by atoms with van der Waals surface area (Å²) in [6.45, 7) is 2.96. The van der Waals surface area contributed by atoms with Crippen LogP contribution >= 0.6 is 0 Å². The molecule has 1 heterocycles. The van der Waals surface area contributed by atoms with Crippen molar-refractivity contribution in [3.05, 3.63) is 90.5 Å². The van der Waals surface area contributed by atoms with Crippen LogP contribution in [0.4, 0.5) is 5.69 Å². The number of sulfonamides is 1. The Morgan fingerprint density at radius 3 is 2.09 bits per heavy atom. The van der Waals surface area contributed by atoms with E-state index in [1.165, 1.54) is 43.3 Å². The molecule has 1 fully saturated rings. The average molecular weight is 493 g/mol. The van der Waals surface area contributed by atoms with Gasteiger partial charge in [0, 0.05) is 13.0 Å². The molecular weight excluding hydrogens is 468 g/mol. The molecule has 2 atom stereocenters. The van der Waals surface area contributed by atoms with Gasteiger partial charge in [-0.05, 0) is 48.9 Å². The third-order valence-electron chi connectivity index (χ3n) is 5.77. The van der Waals surface area contributed by atoms with Crippen molar-refractivity contribution >= 4 is 33.5 Å². The van der Waals surface area contributed by atoms with E-state index in [0.717, 1.165) is 9.21 Å². The van der Waals surface area contributed by atoms with Gasteiger partial charge >= 0.3 is 5.97 Å². The lowest BCUT2D eigenvalue weighted by Crippen LogP contribution is -2.46. The number of amides is 2. The second kappa shape index (κ2) is 9.81. The number of anilines is 1. The van der Waals surface area contributed by atoms with E-state index in [1.54, 1.807) is 49.4 Å². The molecule has 4 rings (SSSR count). The number of hydrogen-bond donors (Lipinski definition) is 0. The average Bonchev–Trinajstić information content (AvgIpc) is 3.13. The number of carbonyl (C=O) groups is 3. The van der Waals surface area contributed by atoms with Gasteiger partial charge < -0.3 is 4.74 Å². The predicted octanol–water partition coefficient (Wildman–Crippen LogP) is 3.70. The second-order valence-electron chi connectivity index (χ2n) is 8.11. The molecule has 1 aliphatic rings. The maximum atomic E-state index is 13.8. The quantitative estimate of drug-likeness (QED) is 0.283. The largest absolute Gasteiger partial charge is 0.427 e. The van der Waals surface area contributed by atoms with Gasteiger partial charge in [-0.25, -0.2) is 13.3 Å². The normalized spacial score (nSPS) is 17.0. The minimum atomic E-state index is -4.14. The molecule has 0 spiro atoms. The Kier molecular flexibility index (Phi) is 6.81. The van der Waals surface area contributed by atoms with E-state index in [2.05, 4.69) is 0 Å². The van der Waals surface area contributed by atoms with Crippen molar-refractivity contribution in [2.45, 2.75) is 37.2 Å². The highest BCUT2D eigenvalue weighted by Gasteiger charge is 2.48. The number of hydrogen-bond acceptors (Lipinski definition) is 6. The predicted molar refractivity (Wildman–Crippen MR) is 129 cm³/mol. The summed E-state index contributed by atoms with van der Waals surface area (Å²) in [5.41, 5.74) is 0.958. The zero-order chi connectivity index (χ0) is 25.2. The number of benzene rings is 3. The fraction of sp³-hybridized carbons (Fsp3) is 0.192. The van der Waals surface area contributed by atoms with Crippen LogP contribution in [0.1, 0.15) is 31.9 Å². The molecule has 1 saturated heterocycles. The van der Waals surface area contributed by atoms with Crippen molar-refractivity contribution < 1.29 is 27.5 Å². The van der Waals surface area contributed by atoms with Gasteiger partial charge in [0.25, 0.3) is 5.91 Å². The van der Waals surface area contributed by atoms with Crippen molar-refractivity contribution in [2.75, 3.05) is 4.90 Å². The van der Waals surface area contributed by atoms with E-state index in [1.807, 2.05) is 6.07 Å². The molecule has 0 radical (unpaired) electrons. The highest BCUT2D eigenvalue weighted by molar-refractivity contribution is 7.89. The summed E-state index contributed by atoms with van der Waals surface area (Å²) < 4.78 is 33.7. The molecule has 35 heavy (non-hydrogen) atoms. The Balaban J connectivity index is 1.73. The molecule has 2 unspecified atom stereocenters. The Hall–Kier alpha value is -3.82. The summed E-state index contributed by atoms with van der Waals surface area (Å²) in [5, 5.41) is 0. The minimum absolute atomic E-state index is 0.0345. The second-order valence-corrected chi connectivity index (χ2v) is 9.95. The topological polar surface area (TPSA) is 101 Å². The number of imide groups is 1. The summed E-state index contributed by atoms with van der Waals surface area (Å²) in [6, 6.07) is 20.8. The summed E-state index contributed by atoms with van der Waals surface area (Å²) in [5.74, 6) is -1.39. The standard InChI is InChI=1S/C26H24N2O6S/c1-18(20-9-5-3-6-10-20)28(35(32,33)23-11-7-4-8-12-23)24-17-25(30)27(26(24)31)21-13-15-22(16-14-21)34-19(2)29/h3-16,18,24H,17H2,1-2H3. The molecule has 8 nitrogen and oxygen atoms in total. The van der Waals surface area contributed by atoms with Crippen LogP contribution in [-0.4, -0.2) is 36.5 Å². The number of nitrogens with zero attached hydrogens (tertiary/aromatic N) is 2. The van der Waals surface area contributed by atoms with Gasteiger partial charge in [0.1, 0.15) is 11.8 Å². The van der Waals surface area contributed by atoms with Crippen LogP contribution in [0.15, 0.2) is 89.8 Å². The van der Waals surface area contributed by atoms with Gasteiger partial charge in [-0.2, -0.15) is 4.31 Å². The Morgan fingerprint density at radius 1 is 0.943 bits per heavy atom. The first-order chi connectivity index (χ1) is 16.7. The molecular formula is C26H24N2O6S. The van der Waals surface area contributed by atoms with Crippen LogP contribution in [0.25, 0.3) is 0 Å². The Morgan fingerprint density at radius 2 is 1.51 bits per heavy atom. The van der Waals surface area contributed by atoms with Gasteiger partial charge in [0.15, 0.2) is 0 Å². The lowest BCUT2D eigenvalue weighted by molar-refractivity contribution is -0.132. The highest BCUT2D eigenvalue weighted by atomic mass is 32.2. The van der Waals surface area contributed by atoms with Crippen LogP contribution < -0.4 is 9.64 Å². The van der Waals surface area contributed by atoms with Crippen molar-refractivity contribution in [1.82, 2.24) is 4.31 Å². The Bertz CT molecular complexity index is 1340. The van der Waals surface area contributed by atoms with Crippen molar-refractivity contribution in [2.24, 2.45) is 0 Å². The highest BCUT2D eigenvalue weighted by Crippen LogP contribution is 2.36. The molecule has 2 amide bonds.